The molecule has 0 radical (unpaired) electrons. The van der Waals surface area contributed by atoms with Crippen molar-refractivity contribution >= 4 is 56.1 Å². The van der Waals surface area contributed by atoms with Crippen molar-refractivity contribution in [3.63, 3.8) is 0 Å². The van der Waals surface area contributed by atoms with Gasteiger partial charge in [0.2, 0.25) is 17.7 Å². The molecule has 1 fully saturated rings. The van der Waals surface area contributed by atoms with Gasteiger partial charge in [-0.25, -0.2) is 4.98 Å². The number of amides is 4. The van der Waals surface area contributed by atoms with E-state index in [9.17, 15) is 24.3 Å². The highest BCUT2D eigenvalue weighted by atomic mass is 33.1. The molecule has 2 aromatic carbocycles. The number of hydrogen-bond acceptors (Lipinski definition) is 8. The molecule has 39 heavy (non-hydrogen) atoms. The molecule has 1 aliphatic rings. The van der Waals surface area contributed by atoms with E-state index in [2.05, 4.69) is 20.9 Å². The quantitative estimate of drug-likeness (QED) is 0.344. The molecule has 1 unspecified atom stereocenters. The Kier molecular flexibility index (Phi) is 9.31. The van der Waals surface area contributed by atoms with Gasteiger partial charge in [0.05, 0.1) is 18.1 Å². The monoisotopic (exact) mass is 567 g/mol. The fourth-order valence-corrected chi connectivity index (χ4v) is 6.43. The smallest absolute Gasteiger partial charge is 0.274 e. The molecular weight excluding hydrogens is 538 g/mol. The number of carbonyl (C=O) groups is 4. The Morgan fingerprint density at radius 2 is 1.77 bits per heavy atom. The van der Waals surface area contributed by atoms with Gasteiger partial charge >= 0.3 is 0 Å². The van der Waals surface area contributed by atoms with E-state index in [1.54, 1.807) is 24.3 Å². The molecule has 0 spiro atoms. The van der Waals surface area contributed by atoms with E-state index < -0.39 is 29.8 Å². The van der Waals surface area contributed by atoms with Crippen LogP contribution < -0.4 is 16.0 Å². The summed E-state index contributed by atoms with van der Waals surface area (Å²) in [6.07, 6.45) is 0. The second kappa shape index (κ2) is 12.9. The number of benzene rings is 2. The molecule has 10 nitrogen and oxygen atoms in total. The van der Waals surface area contributed by atoms with E-state index in [0.717, 1.165) is 5.56 Å². The third kappa shape index (κ3) is 7.01. The van der Waals surface area contributed by atoms with Gasteiger partial charge < -0.3 is 26.0 Å². The molecule has 1 saturated heterocycles. The van der Waals surface area contributed by atoms with Crippen LogP contribution in [0, 0.1) is 0 Å². The Hall–Kier alpha value is -3.77. The molecule has 0 aliphatic carbocycles. The first-order chi connectivity index (χ1) is 18.7. The summed E-state index contributed by atoms with van der Waals surface area (Å²) in [5.74, 6) is -1.87. The lowest BCUT2D eigenvalue weighted by molar-refractivity contribution is -0.138. The fraction of sp³-hybridized carbons (Fsp3) is 0.296. The third-order valence-electron chi connectivity index (χ3n) is 6.32. The van der Waals surface area contributed by atoms with E-state index >= 15 is 0 Å². The first-order valence-electron chi connectivity index (χ1n) is 12.3. The summed E-state index contributed by atoms with van der Waals surface area (Å²) in [7, 11) is 4.15. The van der Waals surface area contributed by atoms with Crippen molar-refractivity contribution in [2.75, 3.05) is 25.1 Å². The highest BCUT2D eigenvalue weighted by molar-refractivity contribution is 8.76. The second-order valence-electron chi connectivity index (χ2n) is 9.02. The number of likely N-dealkylation sites (N-methyl/N-ethyl adjacent to an activating group) is 1. The minimum Gasteiger partial charge on any atom is -0.505 e. The van der Waals surface area contributed by atoms with E-state index in [-0.39, 0.29) is 41.4 Å². The molecule has 0 saturated carbocycles. The molecule has 1 aliphatic heterocycles. The largest absolute Gasteiger partial charge is 0.505 e. The molecule has 3 aromatic rings. The molecule has 2 heterocycles. The van der Waals surface area contributed by atoms with E-state index in [0.29, 0.717) is 10.9 Å². The lowest BCUT2D eigenvalue weighted by atomic mass is 10.1. The van der Waals surface area contributed by atoms with Crippen LogP contribution in [0.2, 0.25) is 0 Å². The first-order valence-corrected chi connectivity index (χ1v) is 14.8. The summed E-state index contributed by atoms with van der Waals surface area (Å²) in [5.41, 5.74) is 1.27. The Morgan fingerprint density at radius 3 is 2.54 bits per heavy atom. The predicted molar refractivity (Wildman–Crippen MR) is 152 cm³/mol. The van der Waals surface area contributed by atoms with Crippen LogP contribution in [0.4, 0.5) is 0 Å². The summed E-state index contributed by atoms with van der Waals surface area (Å²) in [6.45, 7) is 1.53. The normalized spacial score (nSPS) is 19.5. The number of para-hydroxylation sites is 1. The van der Waals surface area contributed by atoms with Gasteiger partial charge in [-0.1, -0.05) is 70.1 Å². The van der Waals surface area contributed by atoms with Gasteiger partial charge in [0.15, 0.2) is 5.69 Å². The maximum atomic E-state index is 13.1. The van der Waals surface area contributed by atoms with Crippen molar-refractivity contribution in [1.29, 1.82) is 0 Å². The van der Waals surface area contributed by atoms with Gasteiger partial charge in [-0.3, -0.25) is 19.2 Å². The summed E-state index contributed by atoms with van der Waals surface area (Å²) in [6, 6.07) is 16.0. The highest BCUT2D eigenvalue weighted by Gasteiger charge is 2.31. The van der Waals surface area contributed by atoms with Gasteiger partial charge in [-0.15, -0.1) is 0 Å². The number of aromatic hydroxyl groups is 1. The number of aromatic nitrogens is 1. The van der Waals surface area contributed by atoms with Crippen molar-refractivity contribution in [1.82, 2.24) is 25.8 Å². The van der Waals surface area contributed by atoms with Crippen LogP contribution in [-0.4, -0.2) is 75.8 Å². The van der Waals surface area contributed by atoms with E-state index in [1.165, 1.54) is 39.6 Å². The standard InChI is InChI=1S/C27H29N5O5S2/c1-16(17-8-4-3-5-9-17)29-26(36)21-15-39-38-14-20(25(35)28-13-23(34)32(21)2)31-27(37)24-22(33)12-18-10-6-7-11-19(18)30-24/h3-12,16,20-21,33H,13-15H2,1-2H3,(H,28,35)(H,29,36)(H,31,37)/t16-,20+,21?/m0/s1. The Morgan fingerprint density at radius 1 is 1.08 bits per heavy atom. The maximum absolute atomic E-state index is 13.1. The van der Waals surface area contributed by atoms with Gasteiger partial charge in [-0.2, -0.15) is 0 Å². The van der Waals surface area contributed by atoms with Crippen LogP contribution in [0.5, 0.6) is 5.75 Å². The van der Waals surface area contributed by atoms with Crippen LogP contribution in [0.3, 0.4) is 0 Å². The Bertz CT molecular complexity index is 1370. The van der Waals surface area contributed by atoms with E-state index in [1.807, 2.05) is 37.3 Å². The van der Waals surface area contributed by atoms with Gasteiger partial charge in [0.1, 0.15) is 17.8 Å². The van der Waals surface area contributed by atoms with Gasteiger partial charge in [0.25, 0.3) is 5.91 Å². The Labute approximate surface area is 233 Å². The van der Waals surface area contributed by atoms with Crippen LogP contribution >= 0.6 is 21.6 Å². The van der Waals surface area contributed by atoms with Crippen LogP contribution in [0.25, 0.3) is 10.9 Å². The minimum atomic E-state index is -0.996. The summed E-state index contributed by atoms with van der Waals surface area (Å²) in [4.78, 5) is 57.4. The zero-order valence-electron chi connectivity index (χ0n) is 21.4. The average Bonchev–Trinajstić information content (AvgIpc) is 2.96. The SMILES string of the molecule is C[C@H](NC(=O)C1CSSC[C@@H](NC(=O)c2nc3ccccc3cc2O)C(=O)NCC(=O)N1C)c1ccccc1. The zero-order valence-corrected chi connectivity index (χ0v) is 23.1. The van der Waals surface area contributed by atoms with Crippen molar-refractivity contribution < 1.29 is 24.3 Å². The van der Waals surface area contributed by atoms with Gasteiger partial charge in [0, 0.05) is 23.9 Å². The number of nitrogens with one attached hydrogen (secondary N) is 3. The number of hydrogen-bond donors (Lipinski definition) is 4. The zero-order chi connectivity index (χ0) is 27.9. The number of fused-ring (bicyclic) bond motifs is 1. The highest BCUT2D eigenvalue weighted by Crippen LogP contribution is 2.26. The number of pyridine rings is 1. The topological polar surface area (TPSA) is 141 Å². The molecule has 4 rings (SSSR count). The van der Waals surface area contributed by atoms with Crippen LogP contribution in [-0.2, 0) is 14.4 Å². The average molecular weight is 568 g/mol. The number of rotatable bonds is 5. The molecule has 4 N–H and O–H groups in total. The molecule has 3 atom stereocenters. The molecule has 4 amide bonds. The van der Waals surface area contributed by atoms with Crippen molar-refractivity contribution in [3.8, 4) is 5.75 Å². The third-order valence-corrected chi connectivity index (χ3v) is 8.72. The molecule has 1 aromatic heterocycles. The van der Waals surface area contributed by atoms with Crippen LogP contribution in [0.1, 0.15) is 29.0 Å². The minimum absolute atomic E-state index is 0.170. The Balaban J connectivity index is 1.43. The van der Waals surface area contributed by atoms with Crippen molar-refractivity contribution in [3.05, 3.63) is 71.9 Å². The molecular formula is C27H29N5O5S2. The lowest BCUT2D eigenvalue weighted by Gasteiger charge is -2.28. The van der Waals surface area contributed by atoms with Gasteiger partial charge in [-0.05, 0) is 24.6 Å². The number of nitrogens with zero attached hydrogens (tertiary/aromatic N) is 2. The summed E-state index contributed by atoms with van der Waals surface area (Å²) < 4.78 is 0. The van der Waals surface area contributed by atoms with Crippen molar-refractivity contribution in [2.24, 2.45) is 0 Å². The van der Waals surface area contributed by atoms with Crippen molar-refractivity contribution in [2.45, 2.75) is 25.0 Å². The number of carbonyl (C=O) groups excluding carboxylic acids is 4. The molecule has 0 bridgehead atoms. The fourth-order valence-electron chi connectivity index (χ4n) is 3.99. The van der Waals surface area contributed by atoms with E-state index in [4.69, 9.17) is 0 Å². The lowest BCUT2D eigenvalue weighted by Crippen LogP contribution is -2.53. The molecule has 12 heteroatoms. The van der Waals surface area contributed by atoms with Crippen LogP contribution in [0.15, 0.2) is 60.7 Å². The predicted octanol–water partition coefficient (Wildman–Crippen LogP) is 2.25. The summed E-state index contributed by atoms with van der Waals surface area (Å²) in [5, 5.41) is 19.2. The maximum Gasteiger partial charge on any atom is 0.274 e. The first kappa shape index (κ1) is 28.2. The summed E-state index contributed by atoms with van der Waals surface area (Å²) >= 11 is 0. The molecule has 204 valence electrons. The second-order valence-corrected chi connectivity index (χ2v) is 11.6.